The summed E-state index contributed by atoms with van der Waals surface area (Å²) in [5, 5.41) is 3.13. The predicted octanol–water partition coefficient (Wildman–Crippen LogP) is 6.42. The molecule has 7 nitrogen and oxygen atoms in total. The van der Waals surface area contributed by atoms with Crippen LogP contribution in [0.3, 0.4) is 0 Å². The van der Waals surface area contributed by atoms with E-state index >= 15 is 0 Å². The molecular weight excluding hydrogens is 523 g/mol. The van der Waals surface area contributed by atoms with Crippen LogP contribution in [0.1, 0.15) is 37.0 Å². The number of anilines is 1. The van der Waals surface area contributed by atoms with Gasteiger partial charge in [0.15, 0.2) is 0 Å². The summed E-state index contributed by atoms with van der Waals surface area (Å²) in [6.07, 6.45) is -3.21. The van der Waals surface area contributed by atoms with E-state index in [1.54, 1.807) is 48.5 Å². The first kappa shape index (κ1) is 27.4. The molecule has 2 unspecified atom stereocenters. The normalized spacial score (nSPS) is 17.4. The van der Waals surface area contributed by atoms with E-state index in [9.17, 15) is 22.8 Å². The molecule has 2 heterocycles. The lowest BCUT2D eigenvalue weighted by Crippen LogP contribution is -2.32. The van der Waals surface area contributed by atoms with Crippen LogP contribution in [0.25, 0.3) is 22.0 Å². The molecular formula is C30H28F3N3O4. The molecule has 1 fully saturated rings. The van der Waals surface area contributed by atoms with Crippen LogP contribution in [-0.2, 0) is 11.3 Å². The molecule has 208 valence electrons. The average Bonchev–Trinajstić information content (AvgIpc) is 3.40. The molecule has 5 rings (SSSR count). The minimum atomic E-state index is -4.78. The Labute approximate surface area is 228 Å². The topological polar surface area (TPSA) is 82.5 Å². The molecule has 0 spiro atoms. The maximum Gasteiger partial charge on any atom is 0.573 e. The molecule has 1 saturated heterocycles. The maximum atomic E-state index is 13.7. The smallest absolute Gasteiger partial charge is 0.406 e. The van der Waals surface area contributed by atoms with E-state index in [2.05, 4.69) is 28.9 Å². The summed E-state index contributed by atoms with van der Waals surface area (Å²) in [5.74, 6) is -0.308. The second-order valence-electron chi connectivity index (χ2n) is 10.1. The molecule has 2 atom stereocenters. The first-order valence-electron chi connectivity index (χ1n) is 13.0. The fraction of sp³-hybridized carbons (Fsp3) is 0.300. The van der Waals surface area contributed by atoms with Gasteiger partial charge in [-0.1, -0.05) is 50.2 Å². The number of nitrogens with zero attached hydrogens (tertiary/aromatic N) is 2. The van der Waals surface area contributed by atoms with Gasteiger partial charge in [0, 0.05) is 5.56 Å². The van der Waals surface area contributed by atoms with E-state index in [1.807, 2.05) is 0 Å². The van der Waals surface area contributed by atoms with E-state index in [0.717, 1.165) is 12.8 Å². The van der Waals surface area contributed by atoms with Crippen LogP contribution in [0.2, 0.25) is 0 Å². The maximum absolute atomic E-state index is 13.7. The standard InChI is InChI=1S/C30H28F3N3O4/c1-18(2)26-15-13-23(39-26)17-36-28(38)24-14-10-21(19-8-11-22(12-9-19)40-30(31,32)33)16-25(24)34-29(36)35-27(37)20-6-4-3-5-7-20/h3-12,14,16,18,23,26H,13,15,17H2,1-2H3,(H,34,35,37). The second-order valence-corrected chi connectivity index (χ2v) is 10.1. The number of ether oxygens (including phenoxy) is 2. The summed E-state index contributed by atoms with van der Waals surface area (Å²) in [6, 6.07) is 19.0. The third-order valence-electron chi connectivity index (χ3n) is 6.91. The summed E-state index contributed by atoms with van der Waals surface area (Å²) in [5.41, 5.74) is 1.66. The van der Waals surface area contributed by atoms with Crippen molar-refractivity contribution in [3.8, 4) is 16.9 Å². The zero-order valence-corrected chi connectivity index (χ0v) is 21.9. The third kappa shape index (κ3) is 6.17. The van der Waals surface area contributed by atoms with E-state index in [0.29, 0.717) is 33.5 Å². The fourth-order valence-electron chi connectivity index (χ4n) is 4.84. The summed E-state index contributed by atoms with van der Waals surface area (Å²) >= 11 is 0. The van der Waals surface area contributed by atoms with Gasteiger partial charge in [0.1, 0.15) is 5.75 Å². The highest BCUT2D eigenvalue weighted by atomic mass is 19.4. The minimum absolute atomic E-state index is 0.0917. The molecule has 3 aromatic carbocycles. The Hall–Kier alpha value is -4.18. The number of carbonyl (C=O) groups excluding carboxylic acids is 1. The van der Waals surface area contributed by atoms with Crippen LogP contribution in [0.4, 0.5) is 19.1 Å². The molecule has 0 saturated carbocycles. The van der Waals surface area contributed by atoms with Gasteiger partial charge in [-0.05, 0) is 66.3 Å². The van der Waals surface area contributed by atoms with Gasteiger partial charge in [-0.25, -0.2) is 4.98 Å². The van der Waals surface area contributed by atoms with E-state index in [4.69, 9.17) is 4.74 Å². The number of alkyl halides is 3. The van der Waals surface area contributed by atoms with Crippen LogP contribution < -0.4 is 15.6 Å². The highest BCUT2D eigenvalue weighted by Crippen LogP contribution is 2.29. The number of nitrogens with one attached hydrogen (secondary N) is 1. The molecule has 1 aromatic heterocycles. The van der Waals surface area contributed by atoms with Crippen molar-refractivity contribution in [2.75, 3.05) is 5.32 Å². The lowest BCUT2D eigenvalue weighted by atomic mass is 10.0. The number of hydrogen-bond acceptors (Lipinski definition) is 5. The predicted molar refractivity (Wildman–Crippen MR) is 145 cm³/mol. The zero-order chi connectivity index (χ0) is 28.4. The number of hydrogen-bond donors (Lipinski definition) is 1. The Morgan fingerprint density at radius 1 is 1.05 bits per heavy atom. The molecule has 0 bridgehead atoms. The van der Waals surface area contributed by atoms with Crippen molar-refractivity contribution in [2.24, 2.45) is 5.92 Å². The van der Waals surface area contributed by atoms with Gasteiger partial charge in [0.25, 0.3) is 11.5 Å². The molecule has 10 heteroatoms. The number of amides is 1. The summed E-state index contributed by atoms with van der Waals surface area (Å²) in [4.78, 5) is 31.4. The number of benzene rings is 3. The molecule has 0 aliphatic carbocycles. The lowest BCUT2D eigenvalue weighted by Gasteiger charge is -2.20. The number of carbonyl (C=O) groups is 1. The van der Waals surface area contributed by atoms with Crippen molar-refractivity contribution in [3.63, 3.8) is 0 Å². The molecule has 1 amide bonds. The summed E-state index contributed by atoms with van der Waals surface area (Å²) in [6.45, 7) is 4.42. The van der Waals surface area contributed by atoms with Crippen LogP contribution in [0.15, 0.2) is 77.6 Å². The van der Waals surface area contributed by atoms with Gasteiger partial charge in [-0.3, -0.25) is 19.5 Å². The number of aromatic nitrogens is 2. The van der Waals surface area contributed by atoms with Crippen molar-refractivity contribution >= 4 is 22.8 Å². The molecule has 4 aromatic rings. The van der Waals surface area contributed by atoms with Gasteiger partial charge in [0.05, 0.1) is 29.7 Å². The molecule has 1 aliphatic heterocycles. The second kappa shape index (κ2) is 11.1. The summed E-state index contributed by atoms with van der Waals surface area (Å²) < 4.78 is 49.2. The first-order valence-corrected chi connectivity index (χ1v) is 13.0. The van der Waals surface area contributed by atoms with Gasteiger partial charge < -0.3 is 9.47 Å². The van der Waals surface area contributed by atoms with Crippen molar-refractivity contribution in [2.45, 2.75) is 51.8 Å². The van der Waals surface area contributed by atoms with Gasteiger partial charge in [-0.15, -0.1) is 13.2 Å². The van der Waals surface area contributed by atoms with Crippen LogP contribution in [-0.4, -0.2) is 34.0 Å². The Bertz CT molecular complexity index is 1570. The van der Waals surface area contributed by atoms with E-state index in [-0.39, 0.29) is 36.0 Å². The monoisotopic (exact) mass is 551 g/mol. The molecule has 1 N–H and O–H groups in total. The van der Waals surface area contributed by atoms with Gasteiger partial charge in [0.2, 0.25) is 5.95 Å². The van der Waals surface area contributed by atoms with E-state index in [1.165, 1.54) is 28.8 Å². The Morgan fingerprint density at radius 2 is 1.75 bits per heavy atom. The van der Waals surface area contributed by atoms with Crippen LogP contribution in [0.5, 0.6) is 5.75 Å². The van der Waals surface area contributed by atoms with Crippen molar-refractivity contribution in [1.29, 1.82) is 0 Å². The van der Waals surface area contributed by atoms with Crippen molar-refractivity contribution in [3.05, 3.63) is 88.7 Å². The first-order chi connectivity index (χ1) is 19.1. The van der Waals surface area contributed by atoms with Crippen LogP contribution in [0, 0.1) is 5.92 Å². The minimum Gasteiger partial charge on any atom is -0.406 e. The average molecular weight is 552 g/mol. The quantitative estimate of drug-likeness (QED) is 0.287. The molecule has 0 radical (unpaired) electrons. The zero-order valence-electron chi connectivity index (χ0n) is 21.9. The highest BCUT2D eigenvalue weighted by Gasteiger charge is 2.31. The largest absolute Gasteiger partial charge is 0.573 e. The molecule has 40 heavy (non-hydrogen) atoms. The summed E-state index contributed by atoms with van der Waals surface area (Å²) in [7, 11) is 0. The van der Waals surface area contributed by atoms with E-state index < -0.39 is 12.3 Å². The van der Waals surface area contributed by atoms with Gasteiger partial charge >= 0.3 is 6.36 Å². The SMILES string of the molecule is CC(C)C1CCC(Cn2c(NC(=O)c3ccccc3)nc3cc(-c4ccc(OC(F)(F)F)cc4)ccc3c2=O)O1. The van der Waals surface area contributed by atoms with Crippen molar-refractivity contribution in [1.82, 2.24) is 9.55 Å². The lowest BCUT2D eigenvalue weighted by molar-refractivity contribution is -0.274. The van der Waals surface area contributed by atoms with Crippen LogP contribution >= 0.6 is 0 Å². The Morgan fingerprint density at radius 3 is 2.40 bits per heavy atom. The fourth-order valence-corrected chi connectivity index (χ4v) is 4.84. The Kier molecular flexibility index (Phi) is 7.62. The number of rotatable bonds is 7. The number of fused-ring (bicyclic) bond motifs is 1. The van der Waals surface area contributed by atoms with Gasteiger partial charge in [-0.2, -0.15) is 0 Å². The number of halogens is 3. The molecule has 1 aliphatic rings. The Balaban J connectivity index is 1.51. The van der Waals surface area contributed by atoms with Crippen molar-refractivity contribution < 1.29 is 27.4 Å². The highest BCUT2D eigenvalue weighted by molar-refractivity contribution is 6.03. The third-order valence-corrected chi connectivity index (χ3v) is 6.91.